The number of hydrogen-bond acceptors (Lipinski definition) is 1. The van der Waals surface area contributed by atoms with Crippen LogP contribution in [0.3, 0.4) is 0 Å². The van der Waals surface area contributed by atoms with E-state index >= 15 is 0 Å². The van der Waals surface area contributed by atoms with Gasteiger partial charge in [-0.15, -0.1) is 0 Å². The zero-order chi connectivity index (χ0) is 13.7. The summed E-state index contributed by atoms with van der Waals surface area (Å²) in [5.74, 6) is 0.101. The molecular formula is C17H19NO. The lowest BCUT2D eigenvalue weighted by atomic mass is 10.1. The van der Waals surface area contributed by atoms with Crippen LogP contribution in [0.1, 0.15) is 23.6 Å². The molecule has 0 spiro atoms. The molecule has 0 heterocycles. The van der Waals surface area contributed by atoms with Gasteiger partial charge < -0.3 is 4.90 Å². The van der Waals surface area contributed by atoms with Crippen molar-refractivity contribution < 1.29 is 4.79 Å². The van der Waals surface area contributed by atoms with Crippen molar-refractivity contribution in [2.75, 3.05) is 0 Å². The van der Waals surface area contributed by atoms with E-state index in [2.05, 4.69) is 31.2 Å². The summed E-state index contributed by atoms with van der Waals surface area (Å²) in [5.41, 5.74) is 3.56. The van der Waals surface area contributed by atoms with Gasteiger partial charge in [0.05, 0.1) is 0 Å². The highest BCUT2D eigenvalue weighted by molar-refractivity contribution is 5.73. The molecule has 0 aromatic heterocycles. The smallest absolute Gasteiger partial charge is 0.220 e. The van der Waals surface area contributed by atoms with Gasteiger partial charge in [-0.05, 0) is 18.1 Å². The molecule has 0 aliphatic carbocycles. The first-order chi connectivity index (χ1) is 9.15. The molecular weight excluding hydrogens is 234 g/mol. The van der Waals surface area contributed by atoms with Crippen LogP contribution in [0, 0.1) is 6.92 Å². The predicted molar refractivity (Wildman–Crippen MR) is 77.5 cm³/mol. The van der Waals surface area contributed by atoms with Gasteiger partial charge in [-0.2, -0.15) is 0 Å². The molecule has 2 heteroatoms. The maximum atomic E-state index is 11.7. The molecule has 1 amide bonds. The van der Waals surface area contributed by atoms with E-state index in [1.54, 1.807) is 6.92 Å². The number of hydrogen-bond donors (Lipinski definition) is 0. The first-order valence-corrected chi connectivity index (χ1v) is 6.50. The minimum atomic E-state index is 0.101. The first kappa shape index (κ1) is 13.3. The Hall–Kier alpha value is -2.09. The fourth-order valence-corrected chi connectivity index (χ4v) is 2.00. The minimum Gasteiger partial charge on any atom is -0.334 e. The van der Waals surface area contributed by atoms with Crippen LogP contribution < -0.4 is 0 Å². The Kier molecular flexibility index (Phi) is 4.35. The summed E-state index contributed by atoms with van der Waals surface area (Å²) in [4.78, 5) is 13.6. The zero-order valence-electron chi connectivity index (χ0n) is 11.5. The van der Waals surface area contributed by atoms with Gasteiger partial charge in [0, 0.05) is 20.0 Å². The number of rotatable bonds is 4. The molecule has 0 aliphatic rings. The quantitative estimate of drug-likeness (QED) is 0.816. The summed E-state index contributed by atoms with van der Waals surface area (Å²) < 4.78 is 0. The number of benzene rings is 2. The summed E-state index contributed by atoms with van der Waals surface area (Å²) in [5, 5.41) is 0. The molecule has 2 rings (SSSR count). The van der Waals surface area contributed by atoms with Crippen molar-refractivity contribution in [2.24, 2.45) is 0 Å². The largest absolute Gasteiger partial charge is 0.334 e. The van der Waals surface area contributed by atoms with Crippen molar-refractivity contribution in [1.29, 1.82) is 0 Å². The van der Waals surface area contributed by atoms with Crippen LogP contribution in [-0.2, 0) is 17.9 Å². The predicted octanol–water partition coefficient (Wildman–Crippen LogP) is 3.54. The lowest BCUT2D eigenvalue weighted by Crippen LogP contribution is -2.27. The summed E-state index contributed by atoms with van der Waals surface area (Å²) in [6, 6.07) is 18.4. The van der Waals surface area contributed by atoms with E-state index in [4.69, 9.17) is 0 Å². The number of aryl methyl sites for hydroxylation is 1. The Labute approximate surface area is 114 Å². The van der Waals surface area contributed by atoms with Crippen molar-refractivity contribution in [2.45, 2.75) is 26.9 Å². The summed E-state index contributed by atoms with van der Waals surface area (Å²) >= 11 is 0. The second-order valence-electron chi connectivity index (χ2n) is 4.85. The van der Waals surface area contributed by atoms with Gasteiger partial charge in [0.25, 0.3) is 0 Å². The Morgan fingerprint density at radius 2 is 1.42 bits per heavy atom. The summed E-state index contributed by atoms with van der Waals surface area (Å²) in [7, 11) is 0. The van der Waals surface area contributed by atoms with E-state index in [1.807, 2.05) is 35.2 Å². The molecule has 19 heavy (non-hydrogen) atoms. The third kappa shape index (κ3) is 3.95. The van der Waals surface area contributed by atoms with E-state index in [0.717, 1.165) is 11.1 Å². The van der Waals surface area contributed by atoms with Gasteiger partial charge in [-0.25, -0.2) is 0 Å². The van der Waals surface area contributed by atoms with Gasteiger partial charge in [0.1, 0.15) is 0 Å². The van der Waals surface area contributed by atoms with Crippen LogP contribution in [0.5, 0.6) is 0 Å². The molecule has 0 atom stereocenters. The second kappa shape index (κ2) is 6.19. The molecule has 0 unspecified atom stereocenters. The van der Waals surface area contributed by atoms with Gasteiger partial charge >= 0.3 is 0 Å². The second-order valence-corrected chi connectivity index (χ2v) is 4.85. The highest BCUT2D eigenvalue weighted by Gasteiger charge is 2.09. The van der Waals surface area contributed by atoms with Crippen LogP contribution in [0.2, 0.25) is 0 Å². The van der Waals surface area contributed by atoms with E-state index in [9.17, 15) is 4.79 Å². The molecule has 0 N–H and O–H groups in total. The van der Waals surface area contributed by atoms with Crippen molar-refractivity contribution in [3.63, 3.8) is 0 Å². The summed E-state index contributed by atoms with van der Waals surface area (Å²) in [6.45, 7) is 5.00. The van der Waals surface area contributed by atoms with Crippen molar-refractivity contribution in [3.8, 4) is 0 Å². The molecule has 0 saturated heterocycles. The topological polar surface area (TPSA) is 20.3 Å². The molecule has 98 valence electrons. The maximum absolute atomic E-state index is 11.7. The van der Waals surface area contributed by atoms with Gasteiger partial charge in [0.2, 0.25) is 5.91 Å². The average Bonchev–Trinajstić information content (AvgIpc) is 2.41. The van der Waals surface area contributed by atoms with Crippen LogP contribution >= 0.6 is 0 Å². The van der Waals surface area contributed by atoms with E-state index in [-0.39, 0.29) is 5.91 Å². The van der Waals surface area contributed by atoms with E-state index in [0.29, 0.717) is 13.1 Å². The third-order valence-electron chi connectivity index (χ3n) is 3.16. The van der Waals surface area contributed by atoms with Crippen molar-refractivity contribution in [3.05, 3.63) is 71.3 Å². The Bertz CT molecular complexity index is 531. The standard InChI is InChI=1S/C17H19NO/c1-14-8-10-17(11-9-14)13-18(15(2)19)12-16-6-4-3-5-7-16/h3-11H,12-13H2,1-2H3. The lowest BCUT2D eigenvalue weighted by molar-refractivity contribution is -0.130. The van der Waals surface area contributed by atoms with Gasteiger partial charge in [0.15, 0.2) is 0 Å². The fourth-order valence-electron chi connectivity index (χ4n) is 2.00. The van der Waals surface area contributed by atoms with Crippen LogP contribution in [0.15, 0.2) is 54.6 Å². The minimum absolute atomic E-state index is 0.101. The Morgan fingerprint density at radius 3 is 1.95 bits per heavy atom. The zero-order valence-corrected chi connectivity index (χ0v) is 11.5. The fraction of sp³-hybridized carbons (Fsp3) is 0.235. The number of carbonyl (C=O) groups excluding carboxylic acids is 1. The van der Waals surface area contributed by atoms with E-state index < -0.39 is 0 Å². The normalized spacial score (nSPS) is 10.2. The molecule has 0 aliphatic heterocycles. The Morgan fingerprint density at radius 1 is 0.895 bits per heavy atom. The molecule has 0 fully saturated rings. The van der Waals surface area contributed by atoms with Crippen LogP contribution in [0.25, 0.3) is 0 Å². The number of carbonyl (C=O) groups is 1. The Balaban J connectivity index is 2.08. The molecule has 2 nitrogen and oxygen atoms in total. The number of nitrogens with zero attached hydrogens (tertiary/aromatic N) is 1. The maximum Gasteiger partial charge on any atom is 0.220 e. The molecule has 0 radical (unpaired) electrons. The highest BCUT2D eigenvalue weighted by atomic mass is 16.2. The monoisotopic (exact) mass is 253 g/mol. The molecule has 0 bridgehead atoms. The van der Waals surface area contributed by atoms with Crippen molar-refractivity contribution >= 4 is 5.91 Å². The first-order valence-electron chi connectivity index (χ1n) is 6.50. The van der Waals surface area contributed by atoms with Crippen molar-refractivity contribution in [1.82, 2.24) is 4.90 Å². The van der Waals surface area contributed by atoms with E-state index in [1.165, 1.54) is 5.56 Å². The molecule has 2 aromatic rings. The summed E-state index contributed by atoms with van der Waals surface area (Å²) in [6.07, 6.45) is 0. The average molecular weight is 253 g/mol. The highest BCUT2D eigenvalue weighted by Crippen LogP contribution is 2.11. The van der Waals surface area contributed by atoms with Crippen LogP contribution in [-0.4, -0.2) is 10.8 Å². The van der Waals surface area contributed by atoms with Gasteiger partial charge in [-0.1, -0.05) is 60.2 Å². The van der Waals surface area contributed by atoms with Crippen LogP contribution in [0.4, 0.5) is 0 Å². The lowest BCUT2D eigenvalue weighted by Gasteiger charge is -2.21. The molecule has 0 saturated carbocycles. The third-order valence-corrected chi connectivity index (χ3v) is 3.16. The van der Waals surface area contributed by atoms with Gasteiger partial charge in [-0.3, -0.25) is 4.79 Å². The molecule has 2 aromatic carbocycles. The SMILES string of the molecule is CC(=O)N(Cc1ccccc1)Cc1ccc(C)cc1. The number of amides is 1.